The maximum Gasteiger partial charge on any atom is 0.229 e. The molecule has 3 heteroatoms. The van der Waals surface area contributed by atoms with Crippen LogP contribution in [-0.2, 0) is 6.42 Å². The molecule has 0 spiro atoms. The molecule has 0 unspecified atom stereocenters. The highest BCUT2D eigenvalue weighted by Crippen LogP contribution is 2.20. The van der Waals surface area contributed by atoms with Crippen LogP contribution in [-0.4, -0.2) is 10.1 Å². The van der Waals surface area contributed by atoms with Crippen LogP contribution in [0.5, 0.6) is 0 Å². The molecule has 1 atom stereocenters. The minimum atomic E-state index is 0.364. The summed E-state index contributed by atoms with van der Waals surface area (Å²) in [5.74, 6) is 1.93. The largest absolute Gasteiger partial charge is 0.339 e. The highest BCUT2D eigenvalue weighted by Gasteiger charge is 2.14. The van der Waals surface area contributed by atoms with Gasteiger partial charge >= 0.3 is 0 Å². The Morgan fingerprint density at radius 1 is 1.16 bits per heavy atom. The van der Waals surface area contributed by atoms with Gasteiger partial charge in [0.05, 0.1) is 0 Å². The first-order valence-electron chi connectivity index (χ1n) is 7.16. The van der Waals surface area contributed by atoms with E-state index in [1.165, 1.54) is 24.8 Å². The Balaban J connectivity index is 1.91. The van der Waals surface area contributed by atoms with E-state index in [-0.39, 0.29) is 0 Å². The number of hydrogen-bond donors (Lipinski definition) is 0. The Hall–Kier alpha value is -1.64. The molecule has 1 aromatic carbocycles. The fourth-order valence-electron chi connectivity index (χ4n) is 2.14. The number of aromatic nitrogens is 2. The van der Waals surface area contributed by atoms with Crippen molar-refractivity contribution in [2.75, 3.05) is 0 Å². The molecular weight excluding hydrogens is 236 g/mol. The summed E-state index contributed by atoms with van der Waals surface area (Å²) in [7, 11) is 0. The number of rotatable bonds is 7. The Morgan fingerprint density at radius 2 is 1.95 bits per heavy atom. The van der Waals surface area contributed by atoms with Crippen LogP contribution in [0.15, 0.2) is 34.9 Å². The van der Waals surface area contributed by atoms with Crippen molar-refractivity contribution < 1.29 is 4.52 Å². The highest BCUT2D eigenvalue weighted by atomic mass is 16.5. The number of unbranched alkanes of at least 4 members (excludes halogenated alkanes) is 2. The monoisotopic (exact) mass is 258 g/mol. The Morgan fingerprint density at radius 3 is 2.68 bits per heavy atom. The van der Waals surface area contributed by atoms with Crippen molar-refractivity contribution in [1.82, 2.24) is 10.1 Å². The maximum atomic E-state index is 5.37. The molecule has 2 rings (SSSR count). The molecule has 3 nitrogen and oxygen atoms in total. The molecule has 0 aliphatic carbocycles. The second-order valence-corrected chi connectivity index (χ2v) is 5.11. The van der Waals surface area contributed by atoms with Gasteiger partial charge in [0.2, 0.25) is 5.89 Å². The summed E-state index contributed by atoms with van der Waals surface area (Å²) in [6.45, 7) is 4.38. The first-order chi connectivity index (χ1) is 9.29. The van der Waals surface area contributed by atoms with Crippen LogP contribution in [0.3, 0.4) is 0 Å². The van der Waals surface area contributed by atoms with E-state index in [0.29, 0.717) is 5.92 Å². The molecule has 1 aromatic heterocycles. The number of benzene rings is 1. The van der Waals surface area contributed by atoms with Gasteiger partial charge in [-0.15, -0.1) is 0 Å². The molecule has 102 valence electrons. The molecule has 0 aliphatic heterocycles. The maximum absolute atomic E-state index is 5.37. The standard InChI is InChI=1S/C16H22N2O/c1-3-4-6-9-13(2)16-17-15(18-19-16)12-14-10-7-5-8-11-14/h5,7-8,10-11,13H,3-4,6,9,12H2,1-2H3/t13-/m0/s1. The first-order valence-corrected chi connectivity index (χ1v) is 7.16. The molecule has 0 bridgehead atoms. The molecule has 0 fully saturated rings. The van der Waals surface area contributed by atoms with E-state index >= 15 is 0 Å². The Labute approximate surface area is 115 Å². The summed E-state index contributed by atoms with van der Waals surface area (Å²) >= 11 is 0. The zero-order valence-electron chi connectivity index (χ0n) is 11.8. The summed E-state index contributed by atoms with van der Waals surface area (Å²) < 4.78 is 5.37. The minimum absolute atomic E-state index is 0.364. The topological polar surface area (TPSA) is 38.9 Å². The Bertz CT molecular complexity index is 479. The van der Waals surface area contributed by atoms with Crippen molar-refractivity contribution in [1.29, 1.82) is 0 Å². The van der Waals surface area contributed by atoms with Crippen LogP contribution in [0.4, 0.5) is 0 Å². The lowest BCUT2D eigenvalue weighted by Crippen LogP contribution is -1.95. The van der Waals surface area contributed by atoms with Gasteiger partial charge in [0.15, 0.2) is 5.82 Å². The van der Waals surface area contributed by atoms with Crippen molar-refractivity contribution in [3.8, 4) is 0 Å². The van der Waals surface area contributed by atoms with Gasteiger partial charge < -0.3 is 4.52 Å². The van der Waals surface area contributed by atoms with Gasteiger partial charge in [-0.05, 0) is 12.0 Å². The van der Waals surface area contributed by atoms with E-state index in [1.54, 1.807) is 0 Å². The molecular formula is C16H22N2O. The summed E-state index contributed by atoms with van der Waals surface area (Å²) in [4.78, 5) is 4.51. The van der Waals surface area contributed by atoms with Crippen molar-refractivity contribution in [2.45, 2.75) is 51.9 Å². The molecule has 0 N–H and O–H groups in total. The highest BCUT2D eigenvalue weighted by molar-refractivity contribution is 5.18. The summed E-state index contributed by atoms with van der Waals surface area (Å²) in [6.07, 6.45) is 5.62. The third-order valence-corrected chi connectivity index (χ3v) is 3.35. The lowest BCUT2D eigenvalue weighted by atomic mass is 10.0. The van der Waals surface area contributed by atoms with E-state index in [4.69, 9.17) is 4.52 Å². The zero-order valence-corrected chi connectivity index (χ0v) is 11.8. The van der Waals surface area contributed by atoms with Crippen molar-refractivity contribution in [3.05, 3.63) is 47.6 Å². The van der Waals surface area contributed by atoms with E-state index in [9.17, 15) is 0 Å². The SMILES string of the molecule is CCCCC[C@H](C)c1nc(Cc2ccccc2)no1. The first kappa shape index (κ1) is 13.8. The third kappa shape index (κ3) is 4.19. The van der Waals surface area contributed by atoms with E-state index in [2.05, 4.69) is 36.1 Å². The molecule has 0 radical (unpaired) electrons. The van der Waals surface area contributed by atoms with Gasteiger partial charge in [0, 0.05) is 12.3 Å². The average Bonchev–Trinajstić information content (AvgIpc) is 2.89. The summed E-state index contributed by atoms with van der Waals surface area (Å²) in [5.41, 5.74) is 1.22. The van der Waals surface area contributed by atoms with Crippen LogP contribution in [0.2, 0.25) is 0 Å². The molecule has 1 heterocycles. The quantitative estimate of drug-likeness (QED) is 0.693. The number of nitrogens with zero attached hydrogens (tertiary/aromatic N) is 2. The molecule has 0 amide bonds. The fourth-order valence-corrected chi connectivity index (χ4v) is 2.14. The molecule has 0 saturated carbocycles. The van der Waals surface area contributed by atoms with Gasteiger partial charge in [-0.3, -0.25) is 0 Å². The second-order valence-electron chi connectivity index (χ2n) is 5.11. The predicted molar refractivity (Wildman–Crippen MR) is 76.1 cm³/mol. The molecule has 0 aliphatic rings. The lowest BCUT2D eigenvalue weighted by molar-refractivity contribution is 0.347. The average molecular weight is 258 g/mol. The van der Waals surface area contributed by atoms with Gasteiger partial charge in [-0.1, -0.05) is 68.6 Å². The Kier molecular flexibility index (Phi) is 5.13. The van der Waals surface area contributed by atoms with Crippen molar-refractivity contribution in [2.24, 2.45) is 0 Å². The minimum Gasteiger partial charge on any atom is -0.339 e. The van der Waals surface area contributed by atoms with Crippen molar-refractivity contribution in [3.63, 3.8) is 0 Å². The summed E-state index contributed by atoms with van der Waals surface area (Å²) in [6, 6.07) is 10.2. The summed E-state index contributed by atoms with van der Waals surface area (Å²) in [5, 5.41) is 4.07. The normalized spacial score (nSPS) is 12.5. The smallest absolute Gasteiger partial charge is 0.229 e. The van der Waals surface area contributed by atoms with Gasteiger partial charge in [-0.25, -0.2) is 0 Å². The van der Waals surface area contributed by atoms with E-state index in [0.717, 1.165) is 24.6 Å². The van der Waals surface area contributed by atoms with Gasteiger partial charge in [0.1, 0.15) is 0 Å². The van der Waals surface area contributed by atoms with Crippen LogP contribution in [0.25, 0.3) is 0 Å². The van der Waals surface area contributed by atoms with Crippen LogP contribution in [0.1, 0.15) is 62.7 Å². The van der Waals surface area contributed by atoms with Crippen molar-refractivity contribution >= 4 is 0 Å². The predicted octanol–water partition coefficient (Wildman–Crippen LogP) is 4.34. The van der Waals surface area contributed by atoms with Crippen LogP contribution >= 0.6 is 0 Å². The van der Waals surface area contributed by atoms with Gasteiger partial charge in [-0.2, -0.15) is 4.98 Å². The number of hydrogen-bond acceptors (Lipinski definition) is 3. The van der Waals surface area contributed by atoms with E-state index in [1.807, 2.05) is 18.2 Å². The lowest BCUT2D eigenvalue weighted by Gasteiger charge is -2.04. The third-order valence-electron chi connectivity index (χ3n) is 3.35. The fraction of sp³-hybridized carbons (Fsp3) is 0.500. The molecule has 2 aromatic rings. The van der Waals surface area contributed by atoms with Gasteiger partial charge in [0.25, 0.3) is 0 Å². The molecule has 19 heavy (non-hydrogen) atoms. The van der Waals surface area contributed by atoms with Crippen LogP contribution < -0.4 is 0 Å². The molecule has 0 saturated heterocycles. The zero-order chi connectivity index (χ0) is 13.5. The van der Waals surface area contributed by atoms with E-state index < -0.39 is 0 Å². The second kappa shape index (κ2) is 7.07. The van der Waals surface area contributed by atoms with Crippen LogP contribution in [0, 0.1) is 0 Å².